The summed E-state index contributed by atoms with van der Waals surface area (Å²) < 4.78 is 27.8. The Morgan fingerprint density at radius 1 is 1.28 bits per heavy atom. The fourth-order valence-electron chi connectivity index (χ4n) is 2.82. The zero-order chi connectivity index (χ0) is 21.9. The number of ether oxygens (including phenoxy) is 2. The topological polar surface area (TPSA) is 106 Å². The molecule has 1 amide bonds. The summed E-state index contributed by atoms with van der Waals surface area (Å²) >= 11 is 0. The first-order valence-corrected chi connectivity index (χ1v) is 11.8. The molecule has 0 saturated carbocycles. The van der Waals surface area contributed by atoms with Gasteiger partial charge in [0.15, 0.2) is 0 Å². The van der Waals surface area contributed by atoms with Crippen LogP contribution in [0.2, 0.25) is 0 Å². The molecule has 8 nitrogen and oxygen atoms in total. The molecule has 0 aliphatic carbocycles. The summed E-state index contributed by atoms with van der Waals surface area (Å²) in [4.78, 5) is 17.1. The van der Waals surface area contributed by atoms with Gasteiger partial charge >= 0.3 is 6.09 Å². The van der Waals surface area contributed by atoms with Crippen molar-refractivity contribution in [2.45, 2.75) is 57.8 Å². The number of aliphatic hydroxyl groups is 1. The minimum atomic E-state index is -2.86. The summed E-state index contributed by atoms with van der Waals surface area (Å²) in [5, 5.41) is 8.86. The van der Waals surface area contributed by atoms with E-state index in [1.54, 1.807) is 18.2 Å². The van der Waals surface area contributed by atoms with Crippen LogP contribution in [0.25, 0.3) is 0 Å². The molecule has 166 valence electrons. The number of nitrogens with one attached hydrogen (secondary N) is 1. The van der Waals surface area contributed by atoms with E-state index in [0.717, 1.165) is 6.42 Å². The summed E-state index contributed by atoms with van der Waals surface area (Å²) in [5.41, 5.74) is 3.39. The second kappa shape index (κ2) is 12.0. The van der Waals surface area contributed by atoms with Crippen LogP contribution in [0.15, 0.2) is 22.6 Å². The van der Waals surface area contributed by atoms with Crippen LogP contribution in [0.5, 0.6) is 5.75 Å². The van der Waals surface area contributed by atoms with E-state index in [1.165, 1.54) is 13.4 Å². The molecule has 0 heterocycles. The van der Waals surface area contributed by atoms with Gasteiger partial charge in [-0.25, -0.2) is 9.00 Å². The second-order valence-electron chi connectivity index (χ2n) is 7.52. The van der Waals surface area contributed by atoms with Crippen molar-refractivity contribution in [2.24, 2.45) is 4.36 Å². The molecule has 0 radical (unpaired) electrons. The van der Waals surface area contributed by atoms with Crippen molar-refractivity contribution < 1.29 is 28.4 Å². The van der Waals surface area contributed by atoms with E-state index in [0.29, 0.717) is 42.9 Å². The summed E-state index contributed by atoms with van der Waals surface area (Å²) in [6.45, 7) is 6.18. The largest absolute Gasteiger partial charge is 0.494 e. The van der Waals surface area contributed by atoms with Gasteiger partial charge in [-0.1, -0.05) is 13.3 Å². The first-order chi connectivity index (χ1) is 13.6. The van der Waals surface area contributed by atoms with Gasteiger partial charge in [-0.2, -0.15) is 0 Å². The lowest BCUT2D eigenvalue weighted by Gasteiger charge is -2.23. The third-order valence-corrected chi connectivity index (χ3v) is 5.33. The molecule has 0 fully saturated rings. The van der Waals surface area contributed by atoms with Gasteiger partial charge in [0.2, 0.25) is 0 Å². The molecule has 1 aromatic carbocycles. The van der Waals surface area contributed by atoms with Crippen LogP contribution in [-0.2, 0) is 25.1 Å². The number of amides is 1. The molecular weight excluding hydrogens is 396 g/mol. The summed E-state index contributed by atoms with van der Waals surface area (Å²) in [6, 6.07) is 5.27. The van der Waals surface area contributed by atoms with Crippen LogP contribution in [-0.4, -0.2) is 47.6 Å². The van der Waals surface area contributed by atoms with Gasteiger partial charge < -0.3 is 14.6 Å². The molecular formula is C20H34N2O6S. The molecule has 1 rings (SSSR count). The van der Waals surface area contributed by atoms with Crippen LogP contribution in [0.4, 0.5) is 10.5 Å². The molecule has 0 spiro atoms. The van der Waals surface area contributed by atoms with E-state index in [1.807, 2.05) is 20.8 Å². The number of nitrogens with zero attached hydrogens (tertiary/aromatic N) is 1. The van der Waals surface area contributed by atoms with Gasteiger partial charge in [0.1, 0.15) is 11.4 Å². The summed E-state index contributed by atoms with van der Waals surface area (Å²) in [6.07, 6.45) is 3.54. The lowest BCUT2D eigenvalue weighted by molar-refractivity contribution is 0.0394. The first kappa shape index (κ1) is 25.2. The SMILES string of the molecule is CCCC(C)(C)OC(=O)N=S(C)(=O)Cc1cc(NOC)cc(OCCCCO)c1. The molecule has 0 bridgehead atoms. The highest BCUT2D eigenvalue weighted by atomic mass is 32.2. The highest BCUT2D eigenvalue weighted by molar-refractivity contribution is 7.92. The molecule has 0 aliphatic rings. The lowest BCUT2D eigenvalue weighted by atomic mass is 10.0. The fourth-order valence-corrected chi connectivity index (χ4v) is 4.02. The van der Waals surface area contributed by atoms with Gasteiger partial charge in [-0.15, -0.1) is 4.36 Å². The zero-order valence-corrected chi connectivity index (χ0v) is 18.8. The van der Waals surface area contributed by atoms with Crippen LogP contribution in [0.3, 0.4) is 0 Å². The lowest BCUT2D eigenvalue weighted by Crippen LogP contribution is -2.26. The van der Waals surface area contributed by atoms with Gasteiger partial charge in [-0.05, 0) is 50.8 Å². The van der Waals surface area contributed by atoms with E-state index >= 15 is 0 Å². The van der Waals surface area contributed by atoms with Crippen molar-refractivity contribution in [2.75, 3.05) is 32.1 Å². The number of hydrogen-bond acceptors (Lipinski definition) is 7. The number of hydrogen-bond donors (Lipinski definition) is 2. The molecule has 0 aliphatic heterocycles. The molecule has 1 atom stereocenters. The number of carbonyl (C=O) groups is 1. The Bertz CT molecular complexity index is 772. The minimum absolute atomic E-state index is 0.0581. The van der Waals surface area contributed by atoms with E-state index < -0.39 is 21.4 Å². The Balaban J connectivity index is 2.96. The predicted octanol–water partition coefficient (Wildman–Crippen LogP) is 4.12. The average Bonchev–Trinajstić information content (AvgIpc) is 2.57. The molecule has 29 heavy (non-hydrogen) atoms. The maximum atomic E-state index is 12.9. The normalized spacial score (nSPS) is 13.4. The zero-order valence-electron chi connectivity index (χ0n) is 18.0. The summed E-state index contributed by atoms with van der Waals surface area (Å²) in [7, 11) is -1.37. The number of unbranched alkanes of at least 4 members (excludes halogenated alkanes) is 1. The molecule has 1 aromatic rings. The third-order valence-electron chi connectivity index (χ3n) is 3.93. The monoisotopic (exact) mass is 430 g/mol. The van der Waals surface area contributed by atoms with Gasteiger partial charge in [0.05, 0.1) is 34.9 Å². The predicted molar refractivity (Wildman–Crippen MR) is 115 cm³/mol. The molecule has 2 N–H and O–H groups in total. The smallest absolute Gasteiger partial charge is 0.442 e. The highest BCUT2D eigenvalue weighted by Crippen LogP contribution is 2.24. The number of carbonyl (C=O) groups excluding carboxylic acids is 1. The molecule has 0 aromatic heterocycles. The quantitative estimate of drug-likeness (QED) is 0.379. The maximum absolute atomic E-state index is 12.9. The van der Waals surface area contributed by atoms with Crippen molar-refractivity contribution in [1.82, 2.24) is 0 Å². The Labute approximate surface area is 174 Å². The van der Waals surface area contributed by atoms with E-state index in [-0.39, 0.29) is 12.4 Å². The standard InChI is InChI=1S/C20H34N2O6S/c1-6-9-20(2,3)28-19(24)22-29(5,25)15-16-12-17(21-26-4)14-18(13-16)27-11-8-7-10-23/h12-14,21,23H,6-11,15H2,1-5H3. The van der Waals surface area contributed by atoms with Crippen LogP contribution in [0.1, 0.15) is 52.0 Å². The Morgan fingerprint density at radius 2 is 2.00 bits per heavy atom. The van der Waals surface area contributed by atoms with Crippen LogP contribution in [0, 0.1) is 0 Å². The van der Waals surface area contributed by atoms with Crippen molar-refractivity contribution >= 4 is 21.5 Å². The number of aliphatic hydroxyl groups excluding tert-OH is 1. The van der Waals surface area contributed by atoms with E-state index in [4.69, 9.17) is 19.4 Å². The Hall–Kier alpha value is -1.84. The van der Waals surface area contributed by atoms with E-state index in [2.05, 4.69) is 9.84 Å². The van der Waals surface area contributed by atoms with Crippen molar-refractivity contribution in [3.8, 4) is 5.75 Å². The Kier molecular flexibility index (Phi) is 10.4. The van der Waals surface area contributed by atoms with Crippen molar-refractivity contribution in [3.05, 3.63) is 23.8 Å². The maximum Gasteiger partial charge on any atom is 0.442 e. The molecule has 0 saturated heterocycles. The Morgan fingerprint density at radius 3 is 2.62 bits per heavy atom. The summed E-state index contributed by atoms with van der Waals surface area (Å²) in [5.74, 6) is 0.629. The van der Waals surface area contributed by atoms with Crippen LogP contribution >= 0.6 is 0 Å². The molecule has 9 heteroatoms. The number of benzene rings is 1. The van der Waals surface area contributed by atoms with E-state index in [9.17, 15) is 9.00 Å². The van der Waals surface area contributed by atoms with Gasteiger partial charge in [-0.3, -0.25) is 10.3 Å². The average molecular weight is 431 g/mol. The van der Waals surface area contributed by atoms with Crippen molar-refractivity contribution in [1.29, 1.82) is 0 Å². The fraction of sp³-hybridized carbons (Fsp3) is 0.650. The van der Waals surface area contributed by atoms with Crippen LogP contribution < -0.4 is 10.2 Å². The third kappa shape index (κ3) is 10.5. The van der Waals surface area contributed by atoms with Gasteiger partial charge in [0, 0.05) is 18.9 Å². The van der Waals surface area contributed by atoms with Crippen molar-refractivity contribution in [3.63, 3.8) is 0 Å². The number of rotatable bonds is 12. The number of anilines is 1. The highest BCUT2D eigenvalue weighted by Gasteiger charge is 2.22. The second-order valence-corrected chi connectivity index (χ2v) is 9.91. The first-order valence-electron chi connectivity index (χ1n) is 9.70. The minimum Gasteiger partial charge on any atom is -0.494 e. The van der Waals surface area contributed by atoms with Gasteiger partial charge in [0.25, 0.3) is 0 Å². The molecule has 1 unspecified atom stereocenters.